The van der Waals surface area contributed by atoms with Crippen LogP contribution in [-0.2, 0) is 4.79 Å². The summed E-state index contributed by atoms with van der Waals surface area (Å²) in [5.41, 5.74) is 1.72. The molecule has 1 aliphatic heterocycles. The minimum atomic E-state index is -0.672. The second-order valence-corrected chi connectivity index (χ2v) is 9.38. The maximum absolute atomic E-state index is 12.9. The van der Waals surface area contributed by atoms with Crippen molar-refractivity contribution in [3.05, 3.63) is 98.4 Å². The number of thioether (sulfide) groups is 1. The summed E-state index contributed by atoms with van der Waals surface area (Å²) >= 11 is 12.8. The van der Waals surface area contributed by atoms with Crippen molar-refractivity contribution in [3.63, 3.8) is 0 Å². The molecule has 0 N–H and O–H groups in total. The van der Waals surface area contributed by atoms with Gasteiger partial charge in [0.1, 0.15) is 18.1 Å². The van der Waals surface area contributed by atoms with Crippen LogP contribution in [0.3, 0.4) is 0 Å². The lowest BCUT2D eigenvalue weighted by Gasteiger charge is -2.13. The van der Waals surface area contributed by atoms with E-state index in [0.717, 1.165) is 22.2 Å². The van der Waals surface area contributed by atoms with Crippen molar-refractivity contribution in [2.45, 2.75) is 6.92 Å². The summed E-state index contributed by atoms with van der Waals surface area (Å²) in [4.78, 5) is 39.3. The molecule has 0 spiro atoms. The lowest BCUT2D eigenvalue weighted by Crippen LogP contribution is -2.32. The lowest BCUT2D eigenvalue weighted by molar-refractivity contribution is -0.123. The molecule has 9 heteroatoms. The number of benzene rings is 3. The largest absolute Gasteiger partial charge is 0.492 e. The molecule has 0 aliphatic carbocycles. The molecular weight excluding hydrogens is 509 g/mol. The summed E-state index contributed by atoms with van der Waals surface area (Å²) in [6.45, 7) is 2.26. The molecule has 0 bridgehead atoms. The number of aryl methyl sites for hydroxylation is 1. The molecule has 3 aromatic carbocycles. The van der Waals surface area contributed by atoms with E-state index in [1.165, 1.54) is 24.3 Å². The van der Waals surface area contributed by atoms with Gasteiger partial charge < -0.3 is 9.47 Å². The van der Waals surface area contributed by atoms with Crippen LogP contribution in [0.2, 0.25) is 10.0 Å². The Kier molecular flexibility index (Phi) is 7.80. The molecular formula is C26H19Cl2NO5S. The lowest BCUT2D eigenvalue weighted by atomic mass is 10.1. The summed E-state index contributed by atoms with van der Waals surface area (Å²) in [6, 6.07) is 18.7. The number of imide groups is 1. The number of carbonyl (C=O) groups excluding carboxylic acids is 3. The third-order valence-corrected chi connectivity index (χ3v) is 6.49. The summed E-state index contributed by atoms with van der Waals surface area (Å²) in [5.74, 6) is -0.226. The van der Waals surface area contributed by atoms with E-state index in [-0.39, 0.29) is 34.4 Å². The van der Waals surface area contributed by atoms with Crippen LogP contribution in [0.15, 0.2) is 71.6 Å². The molecule has 35 heavy (non-hydrogen) atoms. The zero-order valence-corrected chi connectivity index (χ0v) is 20.8. The van der Waals surface area contributed by atoms with E-state index in [4.69, 9.17) is 32.7 Å². The molecule has 0 unspecified atom stereocenters. The first-order valence-corrected chi connectivity index (χ1v) is 12.1. The molecule has 1 saturated heterocycles. The highest BCUT2D eigenvalue weighted by atomic mass is 35.5. The Balaban J connectivity index is 1.45. The number of halogens is 2. The smallest absolute Gasteiger partial charge is 0.345 e. The average molecular weight is 528 g/mol. The molecule has 178 valence electrons. The second-order valence-electron chi connectivity index (χ2n) is 7.55. The monoisotopic (exact) mass is 527 g/mol. The maximum atomic E-state index is 12.9. The van der Waals surface area contributed by atoms with Crippen molar-refractivity contribution in [2.24, 2.45) is 0 Å². The van der Waals surface area contributed by atoms with Gasteiger partial charge in [-0.2, -0.15) is 0 Å². The normalized spacial score (nSPS) is 14.5. The number of ether oxygens (including phenoxy) is 2. The Bertz CT molecular complexity index is 1320. The van der Waals surface area contributed by atoms with Crippen molar-refractivity contribution in [1.82, 2.24) is 4.90 Å². The van der Waals surface area contributed by atoms with E-state index in [0.29, 0.717) is 16.3 Å². The first kappa shape index (κ1) is 24.9. The van der Waals surface area contributed by atoms with Crippen LogP contribution in [0.25, 0.3) is 6.08 Å². The highest BCUT2D eigenvalue weighted by Gasteiger charge is 2.35. The van der Waals surface area contributed by atoms with Crippen molar-refractivity contribution in [1.29, 1.82) is 0 Å². The highest BCUT2D eigenvalue weighted by molar-refractivity contribution is 8.18. The van der Waals surface area contributed by atoms with Crippen LogP contribution >= 0.6 is 35.0 Å². The van der Waals surface area contributed by atoms with Crippen molar-refractivity contribution in [3.8, 4) is 11.5 Å². The Morgan fingerprint density at radius 3 is 2.51 bits per heavy atom. The minimum Gasteiger partial charge on any atom is -0.492 e. The fourth-order valence-electron chi connectivity index (χ4n) is 3.23. The van der Waals surface area contributed by atoms with Gasteiger partial charge in [0.25, 0.3) is 11.1 Å². The molecule has 1 heterocycles. The zero-order chi connectivity index (χ0) is 24.9. The number of nitrogens with zero attached hydrogens (tertiary/aromatic N) is 1. The van der Waals surface area contributed by atoms with Gasteiger partial charge in [-0.15, -0.1) is 0 Å². The molecule has 0 atom stereocenters. The van der Waals surface area contributed by atoms with E-state index < -0.39 is 17.1 Å². The van der Waals surface area contributed by atoms with E-state index in [9.17, 15) is 14.4 Å². The third kappa shape index (κ3) is 6.06. The number of para-hydroxylation sites is 1. The van der Waals surface area contributed by atoms with E-state index in [1.54, 1.807) is 24.3 Å². The molecule has 6 nitrogen and oxygen atoms in total. The Morgan fingerprint density at radius 1 is 1.03 bits per heavy atom. The molecule has 0 aromatic heterocycles. The summed E-state index contributed by atoms with van der Waals surface area (Å²) in [5, 5.41) is 0.164. The van der Waals surface area contributed by atoms with Crippen LogP contribution in [0, 0.1) is 6.92 Å². The Morgan fingerprint density at radius 2 is 1.77 bits per heavy atom. The van der Waals surface area contributed by atoms with Crippen LogP contribution in [0.4, 0.5) is 4.79 Å². The van der Waals surface area contributed by atoms with Crippen LogP contribution < -0.4 is 9.47 Å². The fraction of sp³-hybridized carbons (Fsp3) is 0.115. The minimum absolute atomic E-state index is 0.113. The fourth-order valence-corrected chi connectivity index (χ4v) is 4.57. The van der Waals surface area contributed by atoms with Crippen LogP contribution in [-0.4, -0.2) is 35.2 Å². The van der Waals surface area contributed by atoms with Gasteiger partial charge in [-0.05, 0) is 61.2 Å². The molecule has 1 fully saturated rings. The van der Waals surface area contributed by atoms with Crippen molar-refractivity contribution in [2.75, 3.05) is 13.2 Å². The van der Waals surface area contributed by atoms with Gasteiger partial charge in [0.2, 0.25) is 0 Å². The van der Waals surface area contributed by atoms with Gasteiger partial charge in [0.15, 0.2) is 0 Å². The Labute approximate surface area is 216 Å². The number of hydrogen-bond donors (Lipinski definition) is 0. The quantitative estimate of drug-likeness (QED) is 0.195. The number of esters is 1. The highest BCUT2D eigenvalue weighted by Crippen LogP contribution is 2.34. The summed E-state index contributed by atoms with van der Waals surface area (Å²) in [6.07, 6.45) is 1.53. The zero-order valence-electron chi connectivity index (χ0n) is 18.5. The summed E-state index contributed by atoms with van der Waals surface area (Å²) in [7, 11) is 0. The van der Waals surface area contributed by atoms with Gasteiger partial charge in [0.05, 0.1) is 22.0 Å². The Hall–Kier alpha value is -3.26. The van der Waals surface area contributed by atoms with Gasteiger partial charge in [-0.3, -0.25) is 14.5 Å². The number of rotatable bonds is 7. The predicted molar refractivity (Wildman–Crippen MR) is 137 cm³/mol. The maximum Gasteiger partial charge on any atom is 0.345 e. The number of hydrogen-bond acceptors (Lipinski definition) is 6. The van der Waals surface area contributed by atoms with Crippen LogP contribution in [0.5, 0.6) is 11.5 Å². The molecule has 3 aromatic rings. The SMILES string of the molecule is Cc1ccc(OCCN2C(=O)S/C(=C\c3ccccc3OC(=O)c3ccc(Cl)cc3Cl)C2=O)cc1. The standard InChI is InChI=1S/C26H19Cl2NO5S/c1-16-6-9-19(10-7-16)33-13-12-29-24(30)23(35-26(29)32)14-17-4-2-3-5-22(17)34-25(31)20-11-8-18(27)15-21(20)28/h2-11,14-15H,12-13H2,1H3/b23-14-. The van der Waals surface area contributed by atoms with Gasteiger partial charge in [0, 0.05) is 10.6 Å². The summed E-state index contributed by atoms with van der Waals surface area (Å²) < 4.78 is 11.2. The molecule has 0 radical (unpaired) electrons. The van der Waals surface area contributed by atoms with E-state index in [2.05, 4.69) is 0 Å². The van der Waals surface area contributed by atoms with Gasteiger partial charge >= 0.3 is 5.97 Å². The van der Waals surface area contributed by atoms with Gasteiger partial charge in [-0.1, -0.05) is 59.1 Å². The van der Waals surface area contributed by atoms with E-state index in [1.807, 2.05) is 31.2 Å². The molecule has 2 amide bonds. The molecule has 4 rings (SSSR count). The van der Waals surface area contributed by atoms with Gasteiger partial charge in [-0.25, -0.2) is 4.79 Å². The number of amides is 2. The molecule has 1 aliphatic rings. The number of carbonyl (C=O) groups is 3. The molecule has 0 saturated carbocycles. The van der Waals surface area contributed by atoms with Crippen molar-refractivity contribution < 1.29 is 23.9 Å². The second kappa shape index (κ2) is 11.0. The topological polar surface area (TPSA) is 72.9 Å². The first-order valence-electron chi connectivity index (χ1n) is 10.5. The van der Waals surface area contributed by atoms with Crippen LogP contribution in [0.1, 0.15) is 21.5 Å². The van der Waals surface area contributed by atoms with E-state index >= 15 is 0 Å². The first-order chi connectivity index (χ1) is 16.8. The van der Waals surface area contributed by atoms with Crippen molar-refractivity contribution >= 4 is 58.2 Å². The third-order valence-electron chi connectivity index (χ3n) is 5.04. The average Bonchev–Trinajstić information content (AvgIpc) is 3.09. The predicted octanol–water partition coefficient (Wildman–Crippen LogP) is 6.64.